The lowest BCUT2D eigenvalue weighted by Crippen LogP contribution is -2.33. The second-order valence-electron chi connectivity index (χ2n) is 10.3. The highest BCUT2D eigenvalue weighted by Gasteiger charge is 2.61. The maximum absolute atomic E-state index is 13.3. The minimum Gasteiger partial charge on any atom is -0.494 e. The Balaban J connectivity index is 1.39. The second kappa shape index (κ2) is 8.33. The number of fused-ring (bicyclic) bond motifs is 6. The first-order valence-electron chi connectivity index (χ1n) is 12.5. The number of benzene rings is 3. The van der Waals surface area contributed by atoms with Gasteiger partial charge in [-0.3, -0.25) is 9.36 Å². The third-order valence-corrected chi connectivity index (χ3v) is 8.06. The summed E-state index contributed by atoms with van der Waals surface area (Å²) in [5, 5.41) is 24.5. The van der Waals surface area contributed by atoms with E-state index in [0.717, 1.165) is 10.8 Å². The van der Waals surface area contributed by atoms with Crippen molar-refractivity contribution in [3.05, 3.63) is 94.6 Å². The second-order valence-corrected chi connectivity index (χ2v) is 10.3. The molecule has 3 heterocycles. The zero-order valence-electron chi connectivity index (χ0n) is 21.0. The minimum atomic E-state index is -0.875. The molecule has 1 amide bonds. The summed E-state index contributed by atoms with van der Waals surface area (Å²) in [6.45, 7) is 9.76. The van der Waals surface area contributed by atoms with Gasteiger partial charge in [0.1, 0.15) is 11.4 Å². The molecule has 0 aliphatic carbocycles. The van der Waals surface area contributed by atoms with Crippen LogP contribution in [0.15, 0.2) is 60.7 Å². The van der Waals surface area contributed by atoms with Crippen LogP contribution in [-0.4, -0.2) is 39.2 Å². The van der Waals surface area contributed by atoms with Crippen molar-refractivity contribution in [2.24, 2.45) is 0 Å². The average Bonchev–Trinajstić information content (AvgIpc) is 3.51. The van der Waals surface area contributed by atoms with Crippen LogP contribution in [0.4, 0.5) is 10.1 Å². The molecular weight excluding hydrogens is 485 g/mol. The first-order valence-corrected chi connectivity index (χ1v) is 12.5. The molecule has 1 saturated heterocycles. The van der Waals surface area contributed by atoms with Crippen LogP contribution in [0, 0.1) is 12.4 Å². The van der Waals surface area contributed by atoms with Gasteiger partial charge in [-0.05, 0) is 67.3 Å². The molecule has 1 aromatic heterocycles. The molecule has 2 N–H and O–H groups in total. The van der Waals surface area contributed by atoms with Crippen LogP contribution >= 0.6 is 0 Å². The van der Waals surface area contributed by atoms with Gasteiger partial charge in [-0.2, -0.15) is 0 Å². The van der Waals surface area contributed by atoms with E-state index in [1.54, 1.807) is 24.1 Å². The monoisotopic (exact) mass is 511 g/mol. The summed E-state index contributed by atoms with van der Waals surface area (Å²) in [4.78, 5) is 18.1. The zero-order valence-corrected chi connectivity index (χ0v) is 21.0. The van der Waals surface area contributed by atoms with Crippen LogP contribution in [0.2, 0.25) is 0 Å². The Morgan fingerprint density at radius 1 is 1.05 bits per heavy atom. The average molecular weight is 512 g/mol. The molecule has 8 heteroatoms. The number of rotatable bonds is 5. The number of carbonyl (C=O) groups excluding carboxylic acids is 1. The van der Waals surface area contributed by atoms with E-state index in [1.165, 1.54) is 28.8 Å². The topological polar surface area (TPSA) is 79.3 Å². The number of amides is 1. The first-order chi connectivity index (χ1) is 18.2. The molecule has 7 nitrogen and oxygen atoms in total. The highest BCUT2D eigenvalue weighted by molar-refractivity contribution is 6.00. The van der Waals surface area contributed by atoms with Crippen LogP contribution in [0.1, 0.15) is 47.7 Å². The molecule has 2 aliphatic rings. The predicted molar refractivity (Wildman–Crippen MR) is 140 cm³/mol. The fourth-order valence-electron chi connectivity index (χ4n) is 6.16. The Bertz CT molecular complexity index is 1660. The molecule has 0 radical (unpaired) electrons. The lowest BCUT2D eigenvalue weighted by molar-refractivity contribution is -0.0850. The number of nitrogens with zero attached hydrogens (tertiary/aromatic N) is 3. The molecule has 2 aliphatic heterocycles. The molecule has 6 rings (SSSR count). The van der Waals surface area contributed by atoms with Crippen LogP contribution in [-0.2, 0) is 15.9 Å². The van der Waals surface area contributed by atoms with Gasteiger partial charge in [-0.25, -0.2) is 9.24 Å². The van der Waals surface area contributed by atoms with Gasteiger partial charge in [0, 0.05) is 19.2 Å². The molecule has 2 atom stereocenters. The minimum absolute atomic E-state index is 0.0852. The van der Waals surface area contributed by atoms with Crippen LogP contribution in [0.25, 0.3) is 21.3 Å². The van der Waals surface area contributed by atoms with Crippen LogP contribution in [0.3, 0.4) is 0 Å². The predicted octanol–water partition coefficient (Wildman–Crippen LogP) is 6.13. The van der Waals surface area contributed by atoms with Crippen molar-refractivity contribution in [2.45, 2.75) is 37.4 Å². The van der Waals surface area contributed by atoms with Crippen molar-refractivity contribution in [2.75, 3.05) is 13.6 Å². The molecule has 2 unspecified atom stereocenters. The van der Waals surface area contributed by atoms with E-state index < -0.39 is 17.0 Å². The van der Waals surface area contributed by atoms with Gasteiger partial charge in [0.2, 0.25) is 11.8 Å². The molecule has 1 fully saturated rings. The van der Waals surface area contributed by atoms with Gasteiger partial charge >= 0.3 is 0 Å². The van der Waals surface area contributed by atoms with E-state index in [9.17, 15) is 19.4 Å². The molecule has 192 valence electrons. The van der Waals surface area contributed by atoms with E-state index in [4.69, 9.17) is 11.3 Å². The Morgan fingerprint density at radius 3 is 2.45 bits per heavy atom. The van der Waals surface area contributed by atoms with E-state index in [-0.39, 0.29) is 17.7 Å². The molecule has 38 heavy (non-hydrogen) atoms. The number of hydrogen-bond donors (Lipinski definition) is 2. The number of aromatic hydroxyl groups is 2. The van der Waals surface area contributed by atoms with Crippen molar-refractivity contribution in [3.63, 3.8) is 0 Å². The number of carbonyl (C=O) groups is 1. The van der Waals surface area contributed by atoms with Crippen molar-refractivity contribution in [1.82, 2.24) is 9.47 Å². The summed E-state index contributed by atoms with van der Waals surface area (Å²) >= 11 is 0. The summed E-state index contributed by atoms with van der Waals surface area (Å²) in [6.07, 6.45) is 1.70. The summed E-state index contributed by atoms with van der Waals surface area (Å²) in [7, 11) is 1.68. The van der Waals surface area contributed by atoms with Crippen molar-refractivity contribution in [3.8, 4) is 17.4 Å². The summed E-state index contributed by atoms with van der Waals surface area (Å²) in [6, 6.07) is 16.3. The fourth-order valence-corrected chi connectivity index (χ4v) is 6.16. The number of halogens is 1. The van der Waals surface area contributed by atoms with Crippen LogP contribution < -0.4 is 0 Å². The molecular formula is C30H26FN3O4. The summed E-state index contributed by atoms with van der Waals surface area (Å²) < 4.78 is 21.3. The quantitative estimate of drug-likeness (QED) is 0.316. The summed E-state index contributed by atoms with van der Waals surface area (Å²) in [5.41, 5.74) is 0.894. The highest BCUT2D eigenvalue weighted by Crippen LogP contribution is 2.65. The van der Waals surface area contributed by atoms with E-state index in [2.05, 4.69) is 4.85 Å². The van der Waals surface area contributed by atoms with Gasteiger partial charge < -0.3 is 19.8 Å². The SMILES string of the molecule is [C-]#[N+]c1ccc(-n2c(O)c3c(c2O)C2(CCN(C)C(=O)c4ccc(F)cc4)CCC3(C)O2)c2ccccc12. The van der Waals surface area contributed by atoms with Crippen molar-refractivity contribution < 1.29 is 24.1 Å². The van der Waals surface area contributed by atoms with Gasteiger partial charge in [0.25, 0.3) is 5.91 Å². The molecule has 4 aromatic rings. The standard InChI is InChI=1S/C30H26FN3O4/c1-29-14-15-30(38-29,16-17-33(3)26(35)18-8-10-19(31)11-9-18)25-24(29)27(36)34(28(25)37)23-13-12-22(32-2)20-6-4-5-7-21(20)23/h4-13,36-37H,14-17H2,1,3H3. The largest absolute Gasteiger partial charge is 0.494 e. The molecule has 0 saturated carbocycles. The number of hydrogen-bond acceptors (Lipinski definition) is 4. The highest BCUT2D eigenvalue weighted by atomic mass is 19.1. The maximum Gasteiger partial charge on any atom is 0.253 e. The number of ether oxygens (including phenoxy) is 1. The van der Waals surface area contributed by atoms with Crippen molar-refractivity contribution in [1.29, 1.82) is 0 Å². The third kappa shape index (κ3) is 3.32. The third-order valence-electron chi connectivity index (χ3n) is 8.06. The van der Waals surface area contributed by atoms with Gasteiger partial charge in [0.05, 0.1) is 29.0 Å². The lowest BCUT2D eigenvalue weighted by Gasteiger charge is -2.29. The lowest BCUT2D eigenvalue weighted by atomic mass is 9.77. The van der Waals surface area contributed by atoms with Crippen molar-refractivity contribution >= 4 is 22.4 Å². The van der Waals surface area contributed by atoms with Gasteiger partial charge in [-0.15, -0.1) is 0 Å². The Labute approximate surface area is 219 Å². The molecule has 0 spiro atoms. The van der Waals surface area contributed by atoms with Crippen LogP contribution in [0.5, 0.6) is 11.8 Å². The normalized spacial score (nSPS) is 21.4. The number of aromatic nitrogens is 1. The van der Waals surface area contributed by atoms with E-state index >= 15 is 0 Å². The zero-order chi connectivity index (χ0) is 26.8. The maximum atomic E-state index is 13.3. The van der Waals surface area contributed by atoms with Gasteiger partial charge in [-0.1, -0.05) is 30.3 Å². The molecule has 3 aromatic carbocycles. The summed E-state index contributed by atoms with van der Waals surface area (Å²) in [5.74, 6) is -0.833. The van der Waals surface area contributed by atoms with Gasteiger partial charge in [0.15, 0.2) is 5.69 Å². The Kier molecular flexibility index (Phi) is 5.27. The first kappa shape index (κ1) is 24.0. The fraction of sp³-hybridized carbons (Fsp3) is 0.267. The van der Waals surface area contributed by atoms with E-state index in [1.807, 2.05) is 31.2 Å². The Morgan fingerprint density at radius 2 is 1.74 bits per heavy atom. The smallest absolute Gasteiger partial charge is 0.253 e. The van der Waals surface area contributed by atoms with E-state index in [0.29, 0.717) is 53.9 Å². The Hall–Kier alpha value is -4.35. The molecule has 2 bridgehead atoms.